The first-order chi connectivity index (χ1) is 16.0. The minimum Gasteiger partial charge on any atom is -0.383 e. The Kier molecular flexibility index (Phi) is 5.90. The van der Waals surface area contributed by atoms with Gasteiger partial charge in [0.05, 0.1) is 10.9 Å². The van der Waals surface area contributed by atoms with Gasteiger partial charge < -0.3 is 15.2 Å². The summed E-state index contributed by atoms with van der Waals surface area (Å²) in [7, 11) is 0. The zero-order valence-corrected chi connectivity index (χ0v) is 19.4. The Bertz CT molecular complexity index is 1240. The van der Waals surface area contributed by atoms with Crippen molar-refractivity contribution >= 4 is 22.6 Å². The lowest BCUT2D eigenvalue weighted by molar-refractivity contribution is 0.0976. The maximum atomic E-state index is 12.5. The molecule has 1 aromatic carbocycles. The Labute approximate surface area is 195 Å². The first-order valence-electron chi connectivity index (χ1n) is 12.0. The van der Waals surface area contributed by atoms with Crippen molar-refractivity contribution in [2.24, 2.45) is 5.92 Å². The van der Waals surface area contributed by atoms with Crippen molar-refractivity contribution in [3.05, 3.63) is 53.5 Å². The Balaban J connectivity index is 1.44. The number of hydrogen-bond donors (Lipinski definition) is 1. The number of fused-ring (bicyclic) bond motifs is 1. The van der Waals surface area contributed by atoms with Crippen LogP contribution in [0.1, 0.15) is 73.5 Å². The maximum absolute atomic E-state index is 12.5. The van der Waals surface area contributed by atoms with Crippen molar-refractivity contribution < 1.29 is 4.79 Å². The van der Waals surface area contributed by atoms with Crippen LogP contribution in [0.5, 0.6) is 0 Å². The second-order valence-electron chi connectivity index (χ2n) is 9.67. The van der Waals surface area contributed by atoms with Gasteiger partial charge in [-0.15, -0.1) is 0 Å². The third kappa shape index (κ3) is 4.65. The van der Waals surface area contributed by atoms with Crippen LogP contribution in [0.3, 0.4) is 0 Å². The van der Waals surface area contributed by atoms with Gasteiger partial charge in [-0.2, -0.15) is 0 Å². The Morgan fingerprint density at radius 2 is 1.94 bits per heavy atom. The average molecular weight is 442 g/mol. The highest BCUT2D eigenvalue weighted by molar-refractivity contribution is 5.97. The molecule has 3 heterocycles. The van der Waals surface area contributed by atoms with Gasteiger partial charge in [0, 0.05) is 48.9 Å². The standard InChI is InChI=1S/C27H31N5O/c1-18(2)31-12-10-23(11-13-31)32-16-22(25-26(28)29-17-30-27(25)32)9-8-19-4-3-5-21(14-19)24(33)15-20-6-7-20/h3-5,14,16-18,20,23H,6-7,10-13,15H2,1-2H3,(H2,28,29,30). The predicted molar refractivity (Wildman–Crippen MR) is 131 cm³/mol. The van der Waals surface area contributed by atoms with Gasteiger partial charge in [-0.1, -0.05) is 24.0 Å². The van der Waals surface area contributed by atoms with E-state index >= 15 is 0 Å². The SMILES string of the molecule is CC(C)N1CCC(n2cc(C#Cc3cccc(C(=O)CC4CC4)c3)c3c(N)ncnc32)CC1. The minimum absolute atomic E-state index is 0.211. The van der Waals surface area contributed by atoms with Crippen LogP contribution >= 0.6 is 0 Å². The van der Waals surface area contributed by atoms with E-state index in [-0.39, 0.29) is 5.78 Å². The Hall–Kier alpha value is -3.17. The lowest BCUT2D eigenvalue weighted by atomic mass is 10.0. The number of hydrogen-bond acceptors (Lipinski definition) is 5. The van der Waals surface area contributed by atoms with Crippen LogP contribution in [0.2, 0.25) is 0 Å². The van der Waals surface area contributed by atoms with Crippen LogP contribution in [0.15, 0.2) is 36.8 Å². The fraction of sp³-hybridized carbons (Fsp3) is 0.444. The van der Waals surface area contributed by atoms with E-state index in [1.54, 1.807) is 0 Å². The van der Waals surface area contributed by atoms with Gasteiger partial charge in [-0.3, -0.25) is 4.79 Å². The van der Waals surface area contributed by atoms with Crippen molar-refractivity contribution in [2.45, 2.75) is 58.0 Å². The first kappa shape index (κ1) is 21.7. The van der Waals surface area contributed by atoms with Gasteiger partial charge in [0.25, 0.3) is 0 Å². The van der Waals surface area contributed by atoms with E-state index in [1.165, 1.54) is 19.2 Å². The molecule has 2 aromatic heterocycles. The van der Waals surface area contributed by atoms with E-state index in [0.717, 1.165) is 53.7 Å². The number of aromatic nitrogens is 3. The molecule has 0 bridgehead atoms. The molecule has 170 valence electrons. The van der Waals surface area contributed by atoms with Crippen LogP contribution in [0, 0.1) is 17.8 Å². The molecule has 1 aliphatic carbocycles. The van der Waals surface area contributed by atoms with Crippen LogP contribution in [-0.2, 0) is 0 Å². The summed E-state index contributed by atoms with van der Waals surface area (Å²) < 4.78 is 2.24. The predicted octanol–water partition coefficient (Wildman–Crippen LogP) is 4.44. The molecule has 1 saturated heterocycles. The molecule has 6 nitrogen and oxygen atoms in total. The molecule has 2 fully saturated rings. The zero-order valence-electron chi connectivity index (χ0n) is 19.4. The molecular formula is C27H31N5O. The quantitative estimate of drug-likeness (QED) is 0.468. The van der Waals surface area contributed by atoms with Gasteiger partial charge in [0.1, 0.15) is 17.8 Å². The lowest BCUT2D eigenvalue weighted by Crippen LogP contribution is -2.38. The van der Waals surface area contributed by atoms with E-state index in [4.69, 9.17) is 5.73 Å². The number of carbonyl (C=O) groups is 1. The molecule has 6 heteroatoms. The van der Waals surface area contributed by atoms with E-state index in [2.05, 4.69) is 51.3 Å². The molecule has 1 aliphatic heterocycles. The van der Waals surface area contributed by atoms with Crippen LogP contribution in [-0.4, -0.2) is 44.3 Å². The number of Topliss-reactive ketones (excluding diaryl/α,β-unsaturated/α-hetero) is 1. The summed E-state index contributed by atoms with van der Waals surface area (Å²) in [6.07, 6.45) is 8.76. The fourth-order valence-corrected chi connectivity index (χ4v) is 4.77. The van der Waals surface area contributed by atoms with Gasteiger partial charge in [-0.25, -0.2) is 9.97 Å². The molecule has 0 spiro atoms. The number of nitrogens with zero attached hydrogens (tertiary/aromatic N) is 4. The van der Waals surface area contributed by atoms with E-state index in [1.807, 2.05) is 24.3 Å². The second-order valence-corrected chi connectivity index (χ2v) is 9.67. The number of rotatable bonds is 5. The summed E-state index contributed by atoms with van der Waals surface area (Å²) >= 11 is 0. The highest BCUT2D eigenvalue weighted by Crippen LogP contribution is 2.34. The second kappa shape index (κ2) is 8.99. The summed E-state index contributed by atoms with van der Waals surface area (Å²) in [6, 6.07) is 8.58. The van der Waals surface area contributed by atoms with Crippen LogP contribution < -0.4 is 5.73 Å². The number of piperidine rings is 1. The molecular weight excluding hydrogens is 410 g/mol. The highest BCUT2D eigenvalue weighted by atomic mass is 16.1. The molecule has 0 amide bonds. The Morgan fingerprint density at radius 3 is 2.67 bits per heavy atom. The zero-order chi connectivity index (χ0) is 22.9. The van der Waals surface area contributed by atoms with Crippen LogP contribution in [0.4, 0.5) is 5.82 Å². The number of carbonyl (C=O) groups excluding carboxylic acids is 1. The summed E-state index contributed by atoms with van der Waals surface area (Å²) in [5.41, 5.74) is 9.53. The van der Waals surface area contributed by atoms with E-state index < -0.39 is 0 Å². The third-order valence-electron chi connectivity index (χ3n) is 6.96. The van der Waals surface area contributed by atoms with Crippen molar-refractivity contribution in [2.75, 3.05) is 18.8 Å². The van der Waals surface area contributed by atoms with Crippen molar-refractivity contribution in [3.8, 4) is 11.8 Å². The molecule has 0 atom stereocenters. The number of ketones is 1. The summed E-state index contributed by atoms with van der Waals surface area (Å²) in [5, 5.41) is 0.817. The van der Waals surface area contributed by atoms with Gasteiger partial charge in [0.15, 0.2) is 5.78 Å². The third-order valence-corrected chi connectivity index (χ3v) is 6.96. The van der Waals surface area contributed by atoms with Crippen LogP contribution in [0.25, 0.3) is 11.0 Å². The van der Waals surface area contributed by atoms with E-state index in [9.17, 15) is 4.79 Å². The highest BCUT2D eigenvalue weighted by Gasteiger charge is 2.26. The summed E-state index contributed by atoms with van der Waals surface area (Å²) in [5.74, 6) is 7.79. The van der Waals surface area contributed by atoms with Crippen molar-refractivity contribution in [1.82, 2.24) is 19.4 Å². The number of benzene rings is 1. The molecule has 0 unspecified atom stereocenters. The molecule has 5 rings (SSSR count). The van der Waals surface area contributed by atoms with Gasteiger partial charge >= 0.3 is 0 Å². The lowest BCUT2D eigenvalue weighted by Gasteiger charge is -2.35. The maximum Gasteiger partial charge on any atom is 0.163 e. The molecule has 1 saturated carbocycles. The fourth-order valence-electron chi connectivity index (χ4n) is 4.77. The largest absolute Gasteiger partial charge is 0.383 e. The van der Waals surface area contributed by atoms with Crippen molar-refractivity contribution in [1.29, 1.82) is 0 Å². The summed E-state index contributed by atoms with van der Waals surface area (Å²) in [6.45, 7) is 6.65. The minimum atomic E-state index is 0.211. The van der Waals surface area contributed by atoms with Gasteiger partial charge in [0.2, 0.25) is 0 Å². The number of nitrogen functional groups attached to an aromatic ring is 1. The first-order valence-corrected chi connectivity index (χ1v) is 12.0. The number of likely N-dealkylation sites (tertiary alicyclic amines) is 1. The molecule has 0 radical (unpaired) electrons. The molecule has 2 aliphatic rings. The van der Waals surface area contributed by atoms with E-state index in [0.29, 0.717) is 30.2 Å². The smallest absolute Gasteiger partial charge is 0.163 e. The monoisotopic (exact) mass is 441 g/mol. The van der Waals surface area contributed by atoms with Crippen molar-refractivity contribution in [3.63, 3.8) is 0 Å². The van der Waals surface area contributed by atoms with Gasteiger partial charge in [-0.05, 0) is 57.6 Å². The number of anilines is 1. The number of nitrogens with two attached hydrogens (primary N) is 1. The molecule has 3 aromatic rings. The Morgan fingerprint density at radius 1 is 1.15 bits per heavy atom. The summed E-state index contributed by atoms with van der Waals surface area (Å²) in [4.78, 5) is 23.8. The average Bonchev–Trinajstić information content (AvgIpc) is 3.56. The topological polar surface area (TPSA) is 77.0 Å². The molecule has 33 heavy (non-hydrogen) atoms. The molecule has 2 N–H and O–H groups in total. The normalized spacial score (nSPS) is 17.3.